The fourth-order valence-corrected chi connectivity index (χ4v) is 1.18. The van der Waals surface area contributed by atoms with Gasteiger partial charge in [0.2, 0.25) is 0 Å². The molecule has 0 aromatic rings. The van der Waals surface area contributed by atoms with Crippen molar-refractivity contribution in [3.05, 3.63) is 12.8 Å². The maximum Gasteiger partial charge on any atom is 0.107 e. The van der Waals surface area contributed by atoms with E-state index < -0.39 is 0 Å². The molecule has 0 heterocycles. The normalized spacial score (nSPS) is 11.1. The Balaban J connectivity index is 4.00. The molecule has 0 aliphatic carbocycles. The quantitative estimate of drug-likeness (QED) is 0.536. The summed E-state index contributed by atoms with van der Waals surface area (Å²) in [6, 6.07) is 0. The highest BCUT2D eigenvalue weighted by atomic mass is 16.5. The Morgan fingerprint density at radius 2 is 1.60 bits per heavy atom. The van der Waals surface area contributed by atoms with Gasteiger partial charge in [0, 0.05) is 0 Å². The molecule has 0 aliphatic rings. The van der Waals surface area contributed by atoms with Crippen LogP contribution in [0, 0.1) is 0 Å². The van der Waals surface area contributed by atoms with E-state index in [1.807, 2.05) is 0 Å². The van der Waals surface area contributed by atoms with Crippen LogP contribution in [0.3, 0.4) is 0 Å². The van der Waals surface area contributed by atoms with Crippen LogP contribution in [0.5, 0.6) is 0 Å². The fourth-order valence-electron chi connectivity index (χ4n) is 1.18. The summed E-state index contributed by atoms with van der Waals surface area (Å²) >= 11 is 0. The van der Waals surface area contributed by atoms with Crippen LogP contribution >= 0.6 is 0 Å². The second kappa shape index (κ2) is 4.37. The molecule has 0 fully saturated rings. The molecule has 0 saturated carbocycles. The van der Waals surface area contributed by atoms with Crippen molar-refractivity contribution in [2.45, 2.75) is 45.6 Å². The first-order chi connectivity index (χ1) is 4.74. The highest BCUT2D eigenvalue weighted by molar-refractivity contribution is 4.78. The first-order valence-corrected chi connectivity index (χ1v) is 4.03. The number of hydrogen-bond donors (Lipinski definition) is 0. The van der Waals surface area contributed by atoms with Crippen molar-refractivity contribution >= 4 is 0 Å². The van der Waals surface area contributed by atoms with Gasteiger partial charge in [0.15, 0.2) is 0 Å². The van der Waals surface area contributed by atoms with Crippen LogP contribution < -0.4 is 0 Å². The molecule has 0 spiro atoms. The summed E-state index contributed by atoms with van der Waals surface area (Å²) in [6.45, 7) is 10.0. The van der Waals surface area contributed by atoms with E-state index in [9.17, 15) is 0 Å². The molecule has 0 aliphatic heterocycles. The van der Waals surface area contributed by atoms with Gasteiger partial charge in [-0.05, 0) is 19.3 Å². The van der Waals surface area contributed by atoms with E-state index in [-0.39, 0.29) is 5.60 Å². The van der Waals surface area contributed by atoms with Crippen molar-refractivity contribution in [3.63, 3.8) is 0 Å². The highest BCUT2D eigenvalue weighted by Gasteiger charge is 2.23. The van der Waals surface area contributed by atoms with Gasteiger partial charge in [0.25, 0.3) is 0 Å². The zero-order valence-corrected chi connectivity index (χ0v) is 7.31. The Labute approximate surface area is 64.1 Å². The Morgan fingerprint density at radius 1 is 1.20 bits per heavy atom. The minimum absolute atomic E-state index is 0.0573. The third kappa shape index (κ3) is 2.05. The zero-order chi connectivity index (χ0) is 8.04. The Bertz CT molecular complexity index is 84.6. The van der Waals surface area contributed by atoms with Crippen LogP contribution in [-0.4, -0.2) is 5.60 Å². The maximum atomic E-state index is 5.44. The van der Waals surface area contributed by atoms with Crippen molar-refractivity contribution in [3.8, 4) is 0 Å². The maximum absolute atomic E-state index is 5.44. The number of hydrogen-bond acceptors (Lipinski definition) is 1. The summed E-state index contributed by atoms with van der Waals surface area (Å²) in [5, 5.41) is 0. The van der Waals surface area contributed by atoms with Gasteiger partial charge in [-0.2, -0.15) is 0 Å². The minimum Gasteiger partial charge on any atom is -0.496 e. The van der Waals surface area contributed by atoms with Gasteiger partial charge >= 0.3 is 0 Å². The van der Waals surface area contributed by atoms with E-state index in [2.05, 4.69) is 27.4 Å². The molecule has 0 atom stereocenters. The molecule has 10 heavy (non-hydrogen) atoms. The van der Waals surface area contributed by atoms with E-state index in [0.717, 1.165) is 19.3 Å². The van der Waals surface area contributed by atoms with Crippen molar-refractivity contribution in [1.82, 2.24) is 0 Å². The van der Waals surface area contributed by atoms with Crippen LogP contribution in [0.15, 0.2) is 12.8 Å². The highest BCUT2D eigenvalue weighted by Crippen LogP contribution is 2.24. The lowest BCUT2D eigenvalue weighted by Crippen LogP contribution is -2.27. The predicted molar refractivity (Wildman–Crippen MR) is 44.9 cm³/mol. The first kappa shape index (κ1) is 9.54. The summed E-state index contributed by atoms with van der Waals surface area (Å²) in [7, 11) is 0. The molecule has 0 saturated heterocycles. The van der Waals surface area contributed by atoms with E-state index in [1.54, 1.807) is 6.26 Å². The van der Waals surface area contributed by atoms with Gasteiger partial charge in [-0.1, -0.05) is 27.4 Å². The molecule has 0 N–H and O–H groups in total. The molecule has 60 valence electrons. The van der Waals surface area contributed by atoms with E-state index in [0.29, 0.717) is 0 Å². The lowest BCUT2D eigenvalue weighted by atomic mass is 9.94. The SMILES string of the molecule is C=COC(CC)(CC)CC. The molecule has 0 aromatic heterocycles. The average molecular weight is 142 g/mol. The molecular weight excluding hydrogens is 124 g/mol. The molecule has 0 amide bonds. The lowest BCUT2D eigenvalue weighted by molar-refractivity contribution is 0.0113. The first-order valence-electron chi connectivity index (χ1n) is 4.03. The van der Waals surface area contributed by atoms with Gasteiger partial charge in [-0.3, -0.25) is 0 Å². The smallest absolute Gasteiger partial charge is 0.107 e. The van der Waals surface area contributed by atoms with Gasteiger partial charge in [-0.25, -0.2) is 0 Å². The molecule has 0 rings (SSSR count). The van der Waals surface area contributed by atoms with E-state index in [4.69, 9.17) is 4.74 Å². The summed E-state index contributed by atoms with van der Waals surface area (Å²) < 4.78 is 5.44. The van der Waals surface area contributed by atoms with Crippen molar-refractivity contribution in [1.29, 1.82) is 0 Å². The molecule has 0 bridgehead atoms. The minimum atomic E-state index is 0.0573. The van der Waals surface area contributed by atoms with Gasteiger partial charge in [0.1, 0.15) is 5.60 Å². The Morgan fingerprint density at radius 3 is 1.70 bits per heavy atom. The van der Waals surface area contributed by atoms with Crippen LogP contribution in [0.1, 0.15) is 40.0 Å². The number of rotatable bonds is 5. The number of ether oxygens (including phenoxy) is 1. The van der Waals surface area contributed by atoms with Crippen molar-refractivity contribution < 1.29 is 4.74 Å². The van der Waals surface area contributed by atoms with E-state index in [1.165, 1.54) is 0 Å². The Hall–Kier alpha value is -0.460. The summed E-state index contributed by atoms with van der Waals surface area (Å²) in [5.74, 6) is 0. The monoisotopic (exact) mass is 142 g/mol. The van der Waals surface area contributed by atoms with Crippen molar-refractivity contribution in [2.75, 3.05) is 0 Å². The van der Waals surface area contributed by atoms with Crippen LogP contribution in [0.4, 0.5) is 0 Å². The zero-order valence-electron chi connectivity index (χ0n) is 7.31. The predicted octanol–water partition coefficient (Wildman–Crippen LogP) is 3.12. The molecule has 1 nitrogen and oxygen atoms in total. The second-order valence-corrected chi connectivity index (χ2v) is 2.53. The molecular formula is C9H18O. The van der Waals surface area contributed by atoms with Gasteiger partial charge in [0.05, 0.1) is 6.26 Å². The summed E-state index contributed by atoms with van der Waals surface area (Å²) in [4.78, 5) is 0. The van der Waals surface area contributed by atoms with Gasteiger partial charge < -0.3 is 4.74 Å². The molecule has 1 heteroatoms. The molecule has 0 unspecified atom stereocenters. The lowest BCUT2D eigenvalue weighted by Gasteiger charge is -2.29. The van der Waals surface area contributed by atoms with E-state index >= 15 is 0 Å². The third-order valence-electron chi connectivity index (χ3n) is 2.27. The summed E-state index contributed by atoms with van der Waals surface area (Å²) in [5.41, 5.74) is 0.0573. The van der Waals surface area contributed by atoms with Gasteiger partial charge in [-0.15, -0.1) is 0 Å². The standard InChI is InChI=1S/C9H18O/c1-5-9(6-2,7-3)10-8-4/h8H,4-7H2,1-3H3. The molecule has 0 aromatic carbocycles. The van der Waals surface area contributed by atoms with Crippen LogP contribution in [-0.2, 0) is 4.74 Å². The largest absolute Gasteiger partial charge is 0.496 e. The topological polar surface area (TPSA) is 9.23 Å². The second-order valence-electron chi connectivity index (χ2n) is 2.53. The Kier molecular flexibility index (Phi) is 4.17. The van der Waals surface area contributed by atoms with Crippen LogP contribution in [0.2, 0.25) is 0 Å². The average Bonchev–Trinajstić information content (AvgIpc) is 2.01. The summed E-state index contributed by atoms with van der Waals surface area (Å²) in [6.07, 6.45) is 4.74. The fraction of sp³-hybridized carbons (Fsp3) is 0.778. The van der Waals surface area contributed by atoms with Crippen LogP contribution in [0.25, 0.3) is 0 Å². The third-order valence-corrected chi connectivity index (χ3v) is 2.27. The van der Waals surface area contributed by atoms with Crippen molar-refractivity contribution in [2.24, 2.45) is 0 Å². The molecule has 0 radical (unpaired) electrons.